The normalized spacial score (nSPS) is 12.1. The molecule has 5 rings (SSSR count). The van der Waals surface area contributed by atoms with Gasteiger partial charge in [0.05, 0.1) is 32.7 Å². The van der Waals surface area contributed by atoms with Crippen molar-refractivity contribution in [3.05, 3.63) is 125 Å². The smallest absolute Gasteiger partial charge is 0.384 e. The number of nitrogens with zero attached hydrogens (tertiary/aromatic N) is 2. The van der Waals surface area contributed by atoms with Gasteiger partial charge in [0.1, 0.15) is 11.7 Å². The molecule has 0 unspecified atom stereocenters. The van der Waals surface area contributed by atoms with Gasteiger partial charge in [-0.1, -0.05) is 42.5 Å². The van der Waals surface area contributed by atoms with Gasteiger partial charge in [0.15, 0.2) is 0 Å². The van der Waals surface area contributed by atoms with Crippen LogP contribution in [0.15, 0.2) is 95.9 Å². The Hall–Kier alpha value is -4.56. The molecule has 0 aliphatic carbocycles. The first-order valence-corrected chi connectivity index (χ1v) is 14.9. The highest BCUT2D eigenvalue weighted by molar-refractivity contribution is 7.92. The number of fused-ring (bicyclic) bond motifs is 1. The zero-order valence-electron chi connectivity index (χ0n) is 23.7. The number of sulfonamides is 1. The number of halogens is 7. The predicted molar refractivity (Wildman–Crippen MR) is 165 cm³/mol. The summed E-state index contributed by atoms with van der Waals surface area (Å²) < 4.78 is 111. The average molecular weight is 682 g/mol. The van der Waals surface area contributed by atoms with Crippen LogP contribution >= 0.6 is 12.4 Å². The Kier molecular flexibility index (Phi) is 9.73. The Morgan fingerprint density at radius 2 is 1.41 bits per heavy atom. The maximum atomic E-state index is 13.6. The van der Waals surface area contributed by atoms with Gasteiger partial charge in [-0.25, -0.2) is 13.4 Å². The average Bonchev–Trinajstić information content (AvgIpc) is 3.31. The molecule has 7 nitrogen and oxygen atoms in total. The van der Waals surface area contributed by atoms with E-state index in [0.717, 1.165) is 5.56 Å². The molecule has 0 saturated heterocycles. The summed E-state index contributed by atoms with van der Waals surface area (Å²) in [5.74, 6) is 0.246. The Bertz CT molecular complexity index is 1950. The fourth-order valence-corrected chi connectivity index (χ4v) is 5.90. The van der Waals surface area contributed by atoms with Crippen LogP contribution in [-0.2, 0) is 41.8 Å². The van der Waals surface area contributed by atoms with E-state index in [-0.39, 0.29) is 58.9 Å². The summed E-state index contributed by atoms with van der Waals surface area (Å²) in [7, 11) is -3.95. The third-order valence-corrected chi connectivity index (χ3v) is 8.42. The van der Waals surface area contributed by atoms with Crippen molar-refractivity contribution in [2.45, 2.75) is 36.6 Å². The van der Waals surface area contributed by atoms with Crippen molar-refractivity contribution in [2.75, 3.05) is 4.72 Å². The molecule has 0 radical (unpaired) electrons. The summed E-state index contributed by atoms with van der Waals surface area (Å²) in [6.45, 7) is -0.364. The number of nitrogens with one attached hydrogen (secondary N) is 2. The number of aryl methyl sites for hydroxylation is 2. The van der Waals surface area contributed by atoms with E-state index in [1.165, 1.54) is 34.9 Å². The summed E-state index contributed by atoms with van der Waals surface area (Å²) in [5.41, 5.74) is 4.59. The van der Waals surface area contributed by atoms with Crippen LogP contribution in [0.1, 0.15) is 33.6 Å². The zero-order chi connectivity index (χ0) is 32.6. The van der Waals surface area contributed by atoms with Crippen molar-refractivity contribution in [1.82, 2.24) is 9.55 Å². The summed E-state index contributed by atoms with van der Waals surface area (Å²) in [5, 5.41) is 7.55. The number of hydrogen-bond acceptors (Lipinski definition) is 4. The molecule has 0 aliphatic rings. The van der Waals surface area contributed by atoms with Gasteiger partial charge in [-0.3, -0.25) is 10.1 Å². The fraction of sp³-hybridized carbons (Fsp3) is 0.161. The lowest BCUT2D eigenvalue weighted by Gasteiger charge is -2.16. The van der Waals surface area contributed by atoms with Crippen LogP contribution < -0.4 is 10.5 Å². The van der Waals surface area contributed by atoms with Crippen molar-refractivity contribution in [3.8, 4) is 0 Å². The van der Waals surface area contributed by atoms with Gasteiger partial charge in [-0.15, -0.1) is 12.4 Å². The predicted octanol–water partition coefficient (Wildman–Crippen LogP) is 7.41. The number of nitrogen functional groups attached to an aromatic ring is 1. The minimum atomic E-state index is -5.01. The maximum absolute atomic E-state index is 13.6. The Morgan fingerprint density at radius 1 is 0.804 bits per heavy atom. The highest BCUT2D eigenvalue weighted by Gasteiger charge is 2.37. The van der Waals surface area contributed by atoms with Gasteiger partial charge in [-0.2, -0.15) is 26.3 Å². The zero-order valence-corrected chi connectivity index (χ0v) is 25.3. The number of hydrogen-bond donors (Lipinski definition) is 3. The molecule has 242 valence electrons. The monoisotopic (exact) mass is 681 g/mol. The Balaban J connectivity index is 0.00000480. The van der Waals surface area contributed by atoms with Gasteiger partial charge >= 0.3 is 12.4 Å². The van der Waals surface area contributed by atoms with Gasteiger partial charge in [0.2, 0.25) is 0 Å². The van der Waals surface area contributed by atoms with Crippen LogP contribution in [0.5, 0.6) is 0 Å². The van der Waals surface area contributed by atoms with Crippen molar-refractivity contribution >= 4 is 45.0 Å². The van der Waals surface area contributed by atoms with E-state index in [9.17, 15) is 34.8 Å². The number of alkyl halides is 6. The number of amidine groups is 1. The molecule has 0 saturated carbocycles. The second-order valence-electron chi connectivity index (χ2n) is 10.3. The SMILES string of the molecule is Cl.N=C(N)c1ccc(CCc2nc3cc(NS(=O)(=O)c4ccccc4)ccc3n2Cc2cc(C(F)(F)F)cc(C(F)(F)F)c2)cc1. The Morgan fingerprint density at radius 3 is 1.98 bits per heavy atom. The highest BCUT2D eigenvalue weighted by Crippen LogP contribution is 2.37. The minimum absolute atomic E-state index is 0. The number of imidazole rings is 1. The number of anilines is 1. The van der Waals surface area contributed by atoms with E-state index < -0.39 is 33.5 Å². The van der Waals surface area contributed by atoms with Crippen molar-refractivity contribution < 1.29 is 34.8 Å². The standard InChI is InChI=1S/C31H25F6N5O2S.ClH/c32-30(33,34)22-14-20(15-23(16-22)31(35,36)37)18-42-27-12-11-24(41-45(43,44)25-4-2-1-3-5-25)17-26(27)40-28(42)13-8-19-6-9-21(10-7-19)29(38)39;/h1-7,9-12,14-17,41H,8,13,18H2,(H3,38,39);1H. The van der Waals surface area contributed by atoms with Gasteiger partial charge in [0, 0.05) is 18.5 Å². The van der Waals surface area contributed by atoms with Crippen LogP contribution in [0.25, 0.3) is 11.0 Å². The third kappa shape index (κ3) is 7.80. The van der Waals surface area contributed by atoms with E-state index >= 15 is 0 Å². The molecule has 1 heterocycles. The number of benzene rings is 4. The van der Waals surface area contributed by atoms with Crippen molar-refractivity contribution in [3.63, 3.8) is 0 Å². The number of nitrogens with two attached hydrogens (primary N) is 1. The van der Waals surface area contributed by atoms with E-state index in [1.54, 1.807) is 42.5 Å². The second-order valence-corrected chi connectivity index (χ2v) is 11.9. The number of rotatable bonds is 9. The van der Waals surface area contributed by atoms with Crippen LogP contribution in [0.4, 0.5) is 32.0 Å². The van der Waals surface area contributed by atoms with Crippen LogP contribution in [0.2, 0.25) is 0 Å². The molecule has 0 aliphatic heterocycles. The topological polar surface area (TPSA) is 114 Å². The van der Waals surface area contributed by atoms with Crippen LogP contribution in [-0.4, -0.2) is 23.8 Å². The third-order valence-electron chi connectivity index (χ3n) is 7.02. The van der Waals surface area contributed by atoms with Gasteiger partial charge < -0.3 is 10.3 Å². The molecule has 0 spiro atoms. The molecule has 5 aromatic rings. The lowest BCUT2D eigenvalue weighted by Crippen LogP contribution is -2.14. The molecule has 15 heteroatoms. The quantitative estimate of drug-likeness (QED) is 0.0854. The molecule has 0 fully saturated rings. The molecule has 4 N–H and O–H groups in total. The van der Waals surface area contributed by atoms with Crippen molar-refractivity contribution in [1.29, 1.82) is 5.41 Å². The van der Waals surface area contributed by atoms with Gasteiger partial charge in [0.25, 0.3) is 10.0 Å². The van der Waals surface area contributed by atoms with E-state index in [1.807, 2.05) is 0 Å². The maximum Gasteiger partial charge on any atom is 0.416 e. The van der Waals surface area contributed by atoms with E-state index in [4.69, 9.17) is 11.1 Å². The molecule has 46 heavy (non-hydrogen) atoms. The summed E-state index contributed by atoms with van der Waals surface area (Å²) in [4.78, 5) is 4.63. The summed E-state index contributed by atoms with van der Waals surface area (Å²) >= 11 is 0. The number of aromatic nitrogens is 2. The largest absolute Gasteiger partial charge is 0.416 e. The van der Waals surface area contributed by atoms with Crippen molar-refractivity contribution in [2.24, 2.45) is 5.73 Å². The Labute approximate surface area is 266 Å². The molecular formula is C31H26ClF6N5O2S. The molecule has 0 atom stereocenters. The molecule has 0 amide bonds. The summed E-state index contributed by atoms with van der Waals surface area (Å²) in [6, 6.07) is 20.3. The lowest BCUT2D eigenvalue weighted by atomic mass is 10.0. The molecule has 1 aromatic heterocycles. The van der Waals surface area contributed by atoms with Crippen LogP contribution in [0.3, 0.4) is 0 Å². The lowest BCUT2D eigenvalue weighted by molar-refractivity contribution is -0.143. The first kappa shape index (κ1) is 34.3. The molecular weight excluding hydrogens is 656 g/mol. The first-order chi connectivity index (χ1) is 21.1. The van der Waals surface area contributed by atoms with E-state index in [2.05, 4.69) is 9.71 Å². The summed E-state index contributed by atoms with van der Waals surface area (Å²) in [6.07, 6.45) is -9.38. The van der Waals surface area contributed by atoms with Gasteiger partial charge in [-0.05, 0) is 66.1 Å². The minimum Gasteiger partial charge on any atom is -0.384 e. The van der Waals surface area contributed by atoms with Crippen LogP contribution in [0, 0.1) is 5.41 Å². The molecule has 4 aromatic carbocycles. The molecule has 0 bridgehead atoms. The first-order valence-electron chi connectivity index (χ1n) is 13.4. The van der Waals surface area contributed by atoms with E-state index in [0.29, 0.717) is 35.5 Å². The highest BCUT2D eigenvalue weighted by atomic mass is 35.5. The fourth-order valence-electron chi connectivity index (χ4n) is 4.82. The second kappa shape index (κ2) is 13.0.